The molecule has 2 heterocycles. The highest BCUT2D eigenvalue weighted by Crippen LogP contribution is 2.39. The van der Waals surface area contributed by atoms with Gasteiger partial charge in [0.05, 0.1) is 17.7 Å². The van der Waals surface area contributed by atoms with E-state index in [-0.39, 0.29) is 0 Å². The SMILES string of the molecule is CCOc1ccccc1-c1nc(=S)c2c([nH]1)Oc1c(C)cccc1C2. The van der Waals surface area contributed by atoms with Crippen LogP contribution in [0.2, 0.25) is 0 Å². The second-order valence-corrected chi connectivity index (χ2v) is 6.36. The van der Waals surface area contributed by atoms with E-state index in [1.165, 1.54) is 0 Å². The maximum Gasteiger partial charge on any atom is 0.205 e. The largest absolute Gasteiger partial charge is 0.493 e. The molecule has 3 aromatic rings. The zero-order valence-corrected chi connectivity index (χ0v) is 14.9. The molecule has 25 heavy (non-hydrogen) atoms. The summed E-state index contributed by atoms with van der Waals surface area (Å²) in [5, 5.41) is 0. The third-order valence-corrected chi connectivity index (χ3v) is 4.62. The first-order valence-electron chi connectivity index (χ1n) is 8.29. The number of rotatable bonds is 3. The van der Waals surface area contributed by atoms with Crippen molar-refractivity contribution in [3.05, 3.63) is 63.8 Å². The Morgan fingerprint density at radius 3 is 2.88 bits per heavy atom. The number of benzene rings is 2. The van der Waals surface area contributed by atoms with Gasteiger partial charge in [0.1, 0.15) is 22.0 Å². The van der Waals surface area contributed by atoms with Crippen molar-refractivity contribution >= 4 is 12.2 Å². The van der Waals surface area contributed by atoms with Gasteiger partial charge in [0, 0.05) is 6.42 Å². The van der Waals surface area contributed by atoms with Crippen LogP contribution in [0, 0.1) is 11.6 Å². The topological polar surface area (TPSA) is 47.1 Å². The number of hydrogen-bond donors (Lipinski definition) is 1. The molecular weight excluding hydrogens is 332 g/mol. The lowest BCUT2D eigenvalue weighted by atomic mass is 10.0. The molecule has 4 nitrogen and oxygen atoms in total. The molecule has 0 amide bonds. The molecule has 0 saturated heterocycles. The van der Waals surface area contributed by atoms with Crippen molar-refractivity contribution in [2.24, 2.45) is 0 Å². The van der Waals surface area contributed by atoms with E-state index < -0.39 is 0 Å². The molecule has 4 rings (SSSR count). The second-order valence-electron chi connectivity index (χ2n) is 5.97. The number of aryl methyl sites for hydroxylation is 1. The van der Waals surface area contributed by atoms with Crippen molar-refractivity contribution in [2.75, 3.05) is 6.61 Å². The fraction of sp³-hybridized carbons (Fsp3) is 0.200. The Morgan fingerprint density at radius 1 is 1.20 bits per heavy atom. The molecule has 1 aromatic heterocycles. The van der Waals surface area contributed by atoms with Crippen LogP contribution < -0.4 is 9.47 Å². The van der Waals surface area contributed by atoms with E-state index in [4.69, 9.17) is 21.7 Å². The fourth-order valence-electron chi connectivity index (χ4n) is 3.08. The molecule has 0 radical (unpaired) electrons. The van der Waals surface area contributed by atoms with Gasteiger partial charge >= 0.3 is 0 Å². The molecule has 0 saturated carbocycles. The van der Waals surface area contributed by atoms with Crippen LogP contribution >= 0.6 is 12.2 Å². The molecule has 0 fully saturated rings. The van der Waals surface area contributed by atoms with Crippen molar-refractivity contribution in [3.8, 4) is 28.8 Å². The van der Waals surface area contributed by atoms with Crippen LogP contribution in [0.1, 0.15) is 23.6 Å². The van der Waals surface area contributed by atoms with Crippen LogP contribution in [0.5, 0.6) is 17.4 Å². The molecule has 126 valence electrons. The average Bonchev–Trinajstić information content (AvgIpc) is 2.62. The van der Waals surface area contributed by atoms with Crippen LogP contribution in [-0.4, -0.2) is 16.6 Å². The summed E-state index contributed by atoms with van der Waals surface area (Å²) in [6.07, 6.45) is 0.724. The van der Waals surface area contributed by atoms with E-state index >= 15 is 0 Å². The summed E-state index contributed by atoms with van der Waals surface area (Å²) in [6, 6.07) is 13.9. The number of para-hydroxylation sites is 2. The summed E-state index contributed by atoms with van der Waals surface area (Å²) in [5.41, 5.74) is 4.04. The predicted molar refractivity (Wildman–Crippen MR) is 100 cm³/mol. The van der Waals surface area contributed by atoms with Gasteiger partial charge in [-0.1, -0.05) is 42.5 Å². The number of aromatic nitrogens is 2. The normalized spacial score (nSPS) is 12.1. The summed E-state index contributed by atoms with van der Waals surface area (Å²) in [5.74, 6) is 3.00. The predicted octanol–water partition coefficient (Wildman–Crippen LogP) is 5.21. The summed E-state index contributed by atoms with van der Waals surface area (Å²) in [6.45, 7) is 4.60. The highest BCUT2D eigenvalue weighted by atomic mass is 32.1. The third-order valence-electron chi connectivity index (χ3n) is 4.28. The van der Waals surface area contributed by atoms with Crippen LogP contribution in [0.3, 0.4) is 0 Å². The number of nitrogens with zero attached hydrogens (tertiary/aromatic N) is 1. The number of nitrogens with one attached hydrogen (secondary N) is 1. The van der Waals surface area contributed by atoms with Gasteiger partial charge in [0.15, 0.2) is 0 Å². The lowest BCUT2D eigenvalue weighted by Crippen LogP contribution is -2.09. The van der Waals surface area contributed by atoms with E-state index in [1.54, 1.807) is 0 Å². The van der Waals surface area contributed by atoms with E-state index in [9.17, 15) is 0 Å². The highest BCUT2D eigenvalue weighted by Gasteiger charge is 2.22. The molecule has 1 aliphatic rings. The zero-order valence-electron chi connectivity index (χ0n) is 14.1. The van der Waals surface area contributed by atoms with Crippen LogP contribution in [-0.2, 0) is 6.42 Å². The van der Waals surface area contributed by atoms with Gasteiger partial charge in [-0.15, -0.1) is 0 Å². The molecule has 5 heteroatoms. The number of H-pyrrole nitrogens is 1. The Morgan fingerprint density at radius 2 is 2.04 bits per heavy atom. The maximum absolute atomic E-state index is 6.15. The fourth-order valence-corrected chi connectivity index (χ4v) is 3.34. The van der Waals surface area contributed by atoms with Gasteiger partial charge < -0.3 is 14.5 Å². The molecule has 2 aromatic carbocycles. The lowest BCUT2D eigenvalue weighted by molar-refractivity contribution is 0.341. The Kier molecular flexibility index (Phi) is 4.01. The Hall–Kier alpha value is -2.66. The summed E-state index contributed by atoms with van der Waals surface area (Å²) < 4.78 is 12.4. The summed E-state index contributed by atoms with van der Waals surface area (Å²) >= 11 is 5.54. The van der Waals surface area contributed by atoms with Gasteiger partial charge in [0.25, 0.3) is 0 Å². The maximum atomic E-state index is 6.15. The number of aromatic amines is 1. The number of ether oxygens (including phenoxy) is 2. The van der Waals surface area contributed by atoms with Gasteiger partial charge in [0.2, 0.25) is 5.88 Å². The van der Waals surface area contributed by atoms with Crippen LogP contribution in [0.4, 0.5) is 0 Å². The minimum atomic E-state index is 0.558. The lowest BCUT2D eigenvalue weighted by Gasteiger charge is -2.22. The highest BCUT2D eigenvalue weighted by molar-refractivity contribution is 7.71. The molecule has 0 atom stereocenters. The minimum Gasteiger partial charge on any atom is -0.493 e. The molecule has 1 aliphatic heterocycles. The first-order valence-corrected chi connectivity index (χ1v) is 8.70. The minimum absolute atomic E-state index is 0.558. The Bertz CT molecular complexity index is 1010. The first kappa shape index (κ1) is 15.8. The van der Waals surface area contributed by atoms with Gasteiger partial charge in [-0.25, -0.2) is 4.98 Å². The van der Waals surface area contributed by atoms with Gasteiger partial charge in [-0.2, -0.15) is 0 Å². The summed E-state index contributed by atoms with van der Waals surface area (Å²) in [7, 11) is 0. The number of fused-ring (bicyclic) bond motifs is 2. The van der Waals surface area contributed by atoms with E-state index in [1.807, 2.05) is 50.2 Å². The van der Waals surface area contributed by atoms with Crippen molar-refractivity contribution < 1.29 is 9.47 Å². The van der Waals surface area contributed by atoms with Crippen molar-refractivity contribution in [1.29, 1.82) is 0 Å². The number of hydrogen-bond acceptors (Lipinski definition) is 4. The average molecular weight is 350 g/mol. The third kappa shape index (κ3) is 2.81. The monoisotopic (exact) mass is 350 g/mol. The van der Waals surface area contributed by atoms with Crippen LogP contribution in [0.15, 0.2) is 42.5 Å². The molecule has 0 aliphatic carbocycles. The molecule has 0 unspecified atom stereocenters. The van der Waals surface area contributed by atoms with Crippen molar-refractivity contribution in [2.45, 2.75) is 20.3 Å². The van der Waals surface area contributed by atoms with Gasteiger partial charge in [-0.3, -0.25) is 0 Å². The van der Waals surface area contributed by atoms with E-state index in [0.29, 0.717) is 23.0 Å². The standard InChI is InChI=1S/C20H18N2O2S/c1-3-23-16-10-5-4-9-14(16)18-21-19-15(20(25)22-18)11-13-8-6-7-12(2)17(13)24-19/h4-10H,3,11H2,1-2H3,(H,21,22,25). The first-order chi connectivity index (χ1) is 12.2. The van der Waals surface area contributed by atoms with Crippen molar-refractivity contribution in [1.82, 2.24) is 9.97 Å². The zero-order chi connectivity index (χ0) is 17.4. The van der Waals surface area contributed by atoms with E-state index in [2.05, 4.69) is 16.0 Å². The smallest absolute Gasteiger partial charge is 0.205 e. The summed E-state index contributed by atoms with van der Waals surface area (Å²) in [4.78, 5) is 7.90. The molecular formula is C20H18N2O2S. The molecule has 0 spiro atoms. The van der Waals surface area contributed by atoms with Crippen LogP contribution in [0.25, 0.3) is 11.4 Å². The Balaban J connectivity index is 1.83. The molecule has 1 N–H and O–H groups in total. The van der Waals surface area contributed by atoms with Gasteiger partial charge in [-0.05, 0) is 37.1 Å². The van der Waals surface area contributed by atoms with Crippen molar-refractivity contribution in [3.63, 3.8) is 0 Å². The van der Waals surface area contributed by atoms with E-state index in [0.717, 1.165) is 40.2 Å². The molecule has 0 bridgehead atoms. The second kappa shape index (κ2) is 6.33. The quantitative estimate of drug-likeness (QED) is 0.515. The Labute approximate surface area is 151 Å².